The molecule has 2 nitrogen and oxygen atoms in total. The number of hydrogen-bond donors (Lipinski definition) is 2. The Balaban J connectivity index is 1.18. The van der Waals surface area contributed by atoms with Gasteiger partial charge in [0, 0.05) is 23.0 Å². The molecule has 0 radical (unpaired) electrons. The van der Waals surface area contributed by atoms with Crippen molar-refractivity contribution in [2.45, 2.75) is 45.6 Å². The van der Waals surface area contributed by atoms with E-state index in [1.54, 1.807) is 5.57 Å². The number of anilines is 1. The number of allylic oxidation sites excluding steroid dienone is 14. The van der Waals surface area contributed by atoms with Crippen molar-refractivity contribution < 1.29 is 0 Å². The van der Waals surface area contributed by atoms with Crippen LogP contribution < -0.4 is 11.1 Å². The fourth-order valence-corrected chi connectivity index (χ4v) is 7.79. The Labute approximate surface area is 245 Å². The molecular weight excluding hydrogens is 496 g/mol. The lowest BCUT2D eigenvalue weighted by molar-refractivity contribution is 0.321. The number of para-hydroxylation sites is 1. The number of nitrogens with two attached hydrogens (primary N) is 1. The predicted octanol–water partition coefficient (Wildman–Crippen LogP) is 9.31. The Bertz CT molecular complexity index is 1620. The lowest BCUT2D eigenvalue weighted by atomic mass is 9.75. The normalized spacial score (nSPS) is 27.6. The van der Waals surface area contributed by atoms with E-state index in [0.717, 1.165) is 31.4 Å². The molecule has 41 heavy (non-hydrogen) atoms. The van der Waals surface area contributed by atoms with E-state index in [9.17, 15) is 0 Å². The molecule has 5 aliphatic rings. The lowest BCUT2D eigenvalue weighted by Gasteiger charge is -2.30. The van der Waals surface area contributed by atoms with Gasteiger partial charge in [0.2, 0.25) is 0 Å². The molecule has 0 saturated heterocycles. The van der Waals surface area contributed by atoms with Crippen LogP contribution in [0.5, 0.6) is 0 Å². The quantitative estimate of drug-likeness (QED) is 0.399. The van der Waals surface area contributed by atoms with Gasteiger partial charge in [-0.25, -0.2) is 0 Å². The zero-order chi connectivity index (χ0) is 28.0. The summed E-state index contributed by atoms with van der Waals surface area (Å²) in [5, 5.41) is 3.75. The lowest BCUT2D eigenvalue weighted by Crippen LogP contribution is -2.21. The van der Waals surface area contributed by atoms with Gasteiger partial charge in [-0.1, -0.05) is 117 Å². The molecular formula is C39H40N2. The molecule has 3 N–H and O–H groups in total. The van der Waals surface area contributed by atoms with Gasteiger partial charge in [-0.3, -0.25) is 0 Å². The molecule has 0 heterocycles. The van der Waals surface area contributed by atoms with Crippen molar-refractivity contribution >= 4 is 11.3 Å². The molecule has 5 aliphatic carbocycles. The second-order valence-corrected chi connectivity index (χ2v) is 12.8. The maximum atomic E-state index is 6.73. The molecule has 0 spiro atoms. The number of hydrogen-bond acceptors (Lipinski definition) is 2. The summed E-state index contributed by atoms with van der Waals surface area (Å²) >= 11 is 0. The first-order valence-corrected chi connectivity index (χ1v) is 15.2. The summed E-state index contributed by atoms with van der Waals surface area (Å²) in [6, 6.07) is 18.0. The highest BCUT2D eigenvalue weighted by molar-refractivity contribution is 5.82. The molecule has 1 saturated carbocycles. The fraction of sp³-hybridized carbons (Fsp3) is 0.282. The van der Waals surface area contributed by atoms with Crippen LogP contribution in [0.25, 0.3) is 16.7 Å². The molecule has 0 aliphatic heterocycles. The third kappa shape index (κ3) is 4.70. The number of fused-ring (bicyclic) bond motifs is 3. The first-order valence-electron chi connectivity index (χ1n) is 15.2. The van der Waals surface area contributed by atoms with Crippen molar-refractivity contribution in [3.8, 4) is 11.1 Å². The van der Waals surface area contributed by atoms with Gasteiger partial charge in [-0.05, 0) is 94.9 Å². The number of benzene rings is 2. The minimum absolute atomic E-state index is 0.196. The number of rotatable bonds is 5. The molecule has 4 atom stereocenters. The van der Waals surface area contributed by atoms with Gasteiger partial charge in [-0.2, -0.15) is 0 Å². The van der Waals surface area contributed by atoms with Crippen LogP contribution in [0.3, 0.4) is 0 Å². The van der Waals surface area contributed by atoms with Crippen LogP contribution in [0.15, 0.2) is 138 Å². The first kappa shape index (κ1) is 25.9. The molecule has 1 fully saturated rings. The van der Waals surface area contributed by atoms with Crippen molar-refractivity contribution in [2.75, 3.05) is 5.32 Å². The van der Waals surface area contributed by atoms with Gasteiger partial charge in [0.1, 0.15) is 0 Å². The van der Waals surface area contributed by atoms with E-state index in [-0.39, 0.29) is 5.41 Å². The smallest absolute Gasteiger partial charge is 0.0482 e. The third-order valence-electron chi connectivity index (χ3n) is 9.99. The molecule has 2 aromatic carbocycles. The van der Waals surface area contributed by atoms with E-state index in [4.69, 9.17) is 5.73 Å². The summed E-state index contributed by atoms with van der Waals surface area (Å²) in [7, 11) is 0. The molecule has 7 rings (SSSR count). The van der Waals surface area contributed by atoms with Crippen LogP contribution in [0.1, 0.15) is 45.1 Å². The summed E-state index contributed by atoms with van der Waals surface area (Å²) < 4.78 is 0. The summed E-state index contributed by atoms with van der Waals surface area (Å²) in [4.78, 5) is 0. The van der Waals surface area contributed by atoms with E-state index in [1.807, 2.05) is 0 Å². The Kier molecular flexibility index (Phi) is 6.58. The van der Waals surface area contributed by atoms with E-state index in [1.165, 1.54) is 39.1 Å². The largest absolute Gasteiger partial charge is 0.402 e. The molecule has 0 amide bonds. The van der Waals surface area contributed by atoms with Gasteiger partial charge in [-0.15, -0.1) is 0 Å². The van der Waals surface area contributed by atoms with E-state index in [2.05, 4.69) is 135 Å². The maximum absolute atomic E-state index is 6.73. The average molecular weight is 537 g/mol. The molecule has 2 aromatic rings. The molecule has 206 valence electrons. The summed E-state index contributed by atoms with van der Waals surface area (Å²) in [5.41, 5.74) is 18.5. The standard InChI is InChI=1S/C39H40N2/c1-39(2)35-17-8-6-16-32(35)34-25-29(19-21-36(34)39)33-24-27(20-22-37(33)40)26-11-10-12-28(23-26)31-15-7-9-18-38(31)41-30-13-4-3-5-14-30/h3-13,15-19,21,23-24,30,32,34-35,41H,14,20,22,25,40H2,1-2H3. The van der Waals surface area contributed by atoms with Gasteiger partial charge >= 0.3 is 0 Å². The molecule has 4 unspecified atom stereocenters. The van der Waals surface area contributed by atoms with E-state index < -0.39 is 0 Å². The Morgan fingerprint density at radius 3 is 2.54 bits per heavy atom. The van der Waals surface area contributed by atoms with Crippen LogP contribution in [0.2, 0.25) is 0 Å². The fourth-order valence-electron chi connectivity index (χ4n) is 7.79. The highest BCUT2D eigenvalue weighted by Gasteiger charge is 2.50. The topological polar surface area (TPSA) is 38.0 Å². The van der Waals surface area contributed by atoms with Gasteiger partial charge in [0.15, 0.2) is 0 Å². The van der Waals surface area contributed by atoms with Crippen LogP contribution >= 0.6 is 0 Å². The predicted molar refractivity (Wildman–Crippen MR) is 174 cm³/mol. The van der Waals surface area contributed by atoms with Gasteiger partial charge in [0.05, 0.1) is 0 Å². The SMILES string of the molecule is CC1(C)C2=CC=C(C3=C(N)CCC(c4cccc(-c5ccccc5NC5C=CC=CC5)c4)=C3)CC2C2C=CC=CC21. The van der Waals surface area contributed by atoms with Crippen LogP contribution in [0, 0.1) is 23.2 Å². The van der Waals surface area contributed by atoms with Crippen molar-refractivity contribution in [1.29, 1.82) is 0 Å². The Hall–Kier alpha value is -4.04. The third-order valence-corrected chi connectivity index (χ3v) is 9.99. The summed E-state index contributed by atoms with van der Waals surface area (Å²) in [6.45, 7) is 4.85. The van der Waals surface area contributed by atoms with E-state index in [0.29, 0.717) is 23.8 Å². The molecule has 0 aromatic heterocycles. The first-order chi connectivity index (χ1) is 20.0. The van der Waals surface area contributed by atoms with Crippen molar-refractivity contribution in [1.82, 2.24) is 0 Å². The highest BCUT2D eigenvalue weighted by Crippen LogP contribution is 2.59. The van der Waals surface area contributed by atoms with Crippen LogP contribution in [-0.2, 0) is 0 Å². The zero-order valence-electron chi connectivity index (χ0n) is 24.2. The summed E-state index contributed by atoms with van der Waals surface area (Å²) in [5.74, 6) is 1.70. The minimum Gasteiger partial charge on any atom is -0.402 e. The average Bonchev–Trinajstić information content (AvgIpc) is 3.24. The van der Waals surface area contributed by atoms with Crippen LogP contribution in [-0.4, -0.2) is 6.04 Å². The highest BCUT2D eigenvalue weighted by atomic mass is 14.9. The maximum Gasteiger partial charge on any atom is 0.0482 e. The Morgan fingerprint density at radius 1 is 0.829 bits per heavy atom. The minimum atomic E-state index is 0.196. The van der Waals surface area contributed by atoms with Crippen molar-refractivity contribution in [2.24, 2.45) is 28.9 Å². The molecule has 0 bridgehead atoms. The van der Waals surface area contributed by atoms with Crippen LogP contribution in [0.4, 0.5) is 5.69 Å². The van der Waals surface area contributed by atoms with Gasteiger partial charge < -0.3 is 11.1 Å². The monoisotopic (exact) mass is 536 g/mol. The second kappa shape index (κ2) is 10.4. The van der Waals surface area contributed by atoms with Crippen molar-refractivity contribution in [3.63, 3.8) is 0 Å². The zero-order valence-corrected chi connectivity index (χ0v) is 24.2. The Morgan fingerprint density at radius 2 is 1.66 bits per heavy atom. The number of nitrogens with one attached hydrogen (secondary N) is 1. The van der Waals surface area contributed by atoms with Crippen molar-refractivity contribution in [3.05, 3.63) is 143 Å². The second-order valence-electron chi connectivity index (χ2n) is 12.8. The van der Waals surface area contributed by atoms with Gasteiger partial charge in [0.25, 0.3) is 0 Å². The summed E-state index contributed by atoms with van der Waals surface area (Å²) in [6.07, 6.45) is 29.2. The molecule has 2 heteroatoms. The van der Waals surface area contributed by atoms with E-state index >= 15 is 0 Å².